The highest BCUT2D eigenvalue weighted by atomic mass is 16.5. The van der Waals surface area contributed by atoms with E-state index in [1.807, 2.05) is 69.3 Å². The molecular formula is C24H27N5O2. The molecule has 2 N–H and O–H groups in total. The first kappa shape index (κ1) is 20.7. The van der Waals surface area contributed by atoms with Gasteiger partial charge in [-0.1, -0.05) is 49.7 Å². The van der Waals surface area contributed by atoms with Crippen LogP contribution in [0.15, 0.2) is 48.5 Å². The molecule has 0 aliphatic heterocycles. The average molecular weight is 418 g/mol. The molecule has 0 aliphatic rings. The fourth-order valence-corrected chi connectivity index (χ4v) is 3.41. The summed E-state index contributed by atoms with van der Waals surface area (Å²) in [6, 6.07) is 15.5. The molecule has 2 heterocycles. The number of hydrogen-bond acceptors (Lipinski definition) is 4. The molecule has 0 bridgehead atoms. The van der Waals surface area contributed by atoms with Crippen molar-refractivity contribution in [1.82, 2.24) is 25.1 Å². The van der Waals surface area contributed by atoms with Gasteiger partial charge >= 0.3 is 0 Å². The molecule has 2 aromatic carbocycles. The number of ether oxygens (including phenoxy) is 1. The van der Waals surface area contributed by atoms with E-state index in [9.17, 15) is 4.79 Å². The van der Waals surface area contributed by atoms with Crippen molar-refractivity contribution >= 4 is 11.6 Å². The number of carbonyl (C=O) groups is 1. The van der Waals surface area contributed by atoms with Gasteiger partial charge in [-0.15, -0.1) is 9.73 Å². The zero-order valence-electron chi connectivity index (χ0n) is 18.3. The van der Waals surface area contributed by atoms with E-state index in [0.29, 0.717) is 29.3 Å². The quantitative estimate of drug-likeness (QED) is 0.462. The van der Waals surface area contributed by atoms with E-state index in [-0.39, 0.29) is 11.8 Å². The van der Waals surface area contributed by atoms with Crippen molar-refractivity contribution in [3.8, 4) is 11.5 Å². The van der Waals surface area contributed by atoms with Crippen LogP contribution in [0.3, 0.4) is 0 Å². The highest BCUT2D eigenvalue weighted by Gasteiger charge is 2.21. The molecule has 160 valence electrons. The normalized spacial score (nSPS) is 12.1. The van der Waals surface area contributed by atoms with Gasteiger partial charge in [0.25, 0.3) is 5.91 Å². The number of carbonyl (C=O) groups excluding carboxylic acids is 1. The zero-order chi connectivity index (χ0) is 22.0. The van der Waals surface area contributed by atoms with Crippen LogP contribution in [0.4, 0.5) is 0 Å². The van der Waals surface area contributed by atoms with Crippen molar-refractivity contribution in [2.24, 2.45) is 0 Å². The lowest BCUT2D eigenvalue weighted by atomic mass is 10.1. The number of amides is 1. The lowest BCUT2D eigenvalue weighted by molar-refractivity contribution is 0.0951. The Kier molecular flexibility index (Phi) is 5.75. The maximum Gasteiger partial charge on any atom is 0.251 e. The number of H-pyrrole nitrogens is 1. The molecule has 7 nitrogen and oxygen atoms in total. The van der Waals surface area contributed by atoms with Gasteiger partial charge in [0.05, 0.1) is 5.69 Å². The predicted octanol–water partition coefficient (Wildman–Crippen LogP) is 4.56. The summed E-state index contributed by atoms with van der Waals surface area (Å²) in [4.78, 5) is 17.2. The molecule has 0 radical (unpaired) electrons. The van der Waals surface area contributed by atoms with Crippen molar-refractivity contribution in [2.45, 2.75) is 40.0 Å². The number of rotatable bonds is 7. The lowest BCUT2D eigenvalue weighted by Crippen LogP contribution is -2.28. The van der Waals surface area contributed by atoms with Gasteiger partial charge in [0.15, 0.2) is 11.6 Å². The molecule has 4 aromatic rings. The summed E-state index contributed by atoms with van der Waals surface area (Å²) < 4.78 is 7.80. The van der Waals surface area contributed by atoms with Gasteiger partial charge in [-0.05, 0) is 44.0 Å². The molecule has 0 spiro atoms. The van der Waals surface area contributed by atoms with Gasteiger partial charge in [-0.2, -0.15) is 0 Å². The number of aromatic nitrogens is 4. The maximum atomic E-state index is 12.5. The number of aromatic amines is 1. The first-order valence-electron chi connectivity index (χ1n) is 10.5. The summed E-state index contributed by atoms with van der Waals surface area (Å²) in [7, 11) is 0. The smallest absolute Gasteiger partial charge is 0.251 e. The third kappa shape index (κ3) is 4.30. The topological polar surface area (TPSA) is 84.3 Å². The van der Waals surface area contributed by atoms with Gasteiger partial charge in [0.2, 0.25) is 5.65 Å². The Labute approximate surface area is 181 Å². The summed E-state index contributed by atoms with van der Waals surface area (Å²) in [5.41, 5.74) is 4.38. The van der Waals surface area contributed by atoms with Gasteiger partial charge in [-0.3, -0.25) is 9.89 Å². The van der Waals surface area contributed by atoms with Crippen LogP contribution >= 0.6 is 0 Å². The van der Waals surface area contributed by atoms with Crippen LogP contribution in [0.5, 0.6) is 11.5 Å². The molecule has 0 saturated carbocycles. The molecule has 7 heteroatoms. The van der Waals surface area contributed by atoms with Crippen LogP contribution in [-0.4, -0.2) is 32.3 Å². The SMILES string of the molecule is CCc1[nH]n2nc(C(C)CNC(=O)c3ccccc3C)nc2c1Oc1ccc(C)cc1. The molecule has 1 atom stereocenters. The first-order chi connectivity index (χ1) is 15.0. The Bertz CT molecular complexity index is 1210. The zero-order valence-corrected chi connectivity index (χ0v) is 18.3. The van der Waals surface area contributed by atoms with Crippen LogP contribution in [0.1, 0.15) is 52.8 Å². The van der Waals surface area contributed by atoms with Crippen LogP contribution in [-0.2, 0) is 6.42 Å². The number of fused-ring (bicyclic) bond motifs is 1. The van der Waals surface area contributed by atoms with Gasteiger partial charge in [0.1, 0.15) is 5.75 Å². The highest BCUT2D eigenvalue weighted by Crippen LogP contribution is 2.30. The number of aryl methyl sites for hydroxylation is 3. The summed E-state index contributed by atoms with van der Waals surface area (Å²) in [6.45, 7) is 8.46. The Morgan fingerprint density at radius 1 is 1.16 bits per heavy atom. The number of hydrogen-bond donors (Lipinski definition) is 2. The second kappa shape index (κ2) is 8.63. The second-order valence-electron chi connectivity index (χ2n) is 7.82. The summed E-state index contributed by atoms with van der Waals surface area (Å²) in [5.74, 6) is 1.93. The third-order valence-electron chi connectivity index (χ3n) is 5.34. The molecule has 0 aliphatic carbocycles. The van der Waals surface area contributed by atoms with E-state index in [1.54, 1.807) is 4.63 Å². The summed E-state index contributed by atoms with van der Waals surface area (Å²) in [6.07, 6.45) is 0.767. The minimum Gasteiger partial charge on any atom is -0.451 e. The minimum absolute atomic E-state index is 0.0569. The molecular weight excluding hydrogens is 390 g/mol. The number of nitrogens with zero attached hydrogens (tertiary/aromatic N) is 3. The second-order valence-corrected chi connectivity index (χ2v) is 7.82. The summed E-state index contributed by atoms with van der Waals surface area (Å²) >= 11 is 0. The predicted molar refractivity (Wildman–Crippen MR) is 120 cm³/mol. The highest BCUT2D eigenvalue weighted by molar-refractivity contribution is 5.95. The van der Waals surface area contributed by atoms with Crippen LogP contribution in [0, 0.1) is 13.8 Å². The van der Waals surface area contributed by atoms with Gasteiger partial charge in [0, 0.05) is 18.0 Å². The first-order valence-corrected chi connectivity index (χ1v) is 10.5. The molecule has 1 amide bonds. The van der Waals surface area contributed by atoms with E-state index >= 15 is 0 Å². The van der Waals surface area contributed by atoms with Crippen molar-refractivity contribution < 1.29 is 9.53 Å². The molecule has 4 rings (SSSR count). The van der Waals surface area contributed by atoms with E-state index in [0.717, 1.165) is 23.4 Å². The molecule has 31 heavy (non-hydrogen) atoms. The number of benzene rings is 2. The van der Waals surface area contributed by atoms with Crippen LogP contribution < -0.4 is 10.1 Å². The van der Waals surface area contributed by atoms with E-state index in [4.69, 9.17) is 9.72 Å². The van der Waals surface area contributed by atoms with Crippen LogP contribution in [0.2, 0.25) is 0 Å². The molecule has 2 aromatic heterocycles. The van der Waals surface area contributed by atoms with Crippen molar-refractivity contribution in [1.29, 1.82) is 0 Å². The average Bonchev–Trinajstić information content (AvgIpc) is 3.32. The van der Waals surface area contributed by atoms with Crippen molar-refractivity contribution in [3.63, 3.8) is 0 Å². The fourth-order valence-electron chi connectivity index (χ4n) is 3.41. The monoisotopic (exact) mass is 417 g/mol. The maximum absolute atomic E-state index is 12.5. The van der Waals surface area contributed by atoms with Gasteiger partial charge < -0.3 is 10.1 Å². The minimum atomic E-state index is -0.0913. The Balaban J connectivity index is 1.52. The van der Waals surface area contributed by atoms with E-state index < -0.39 is 0 Å². The lowest BCUT2D eigenvalue weighted by Gasteiger charge is -2.11. The number of nitrogens with one attached hydrogen (secondary N) is 2. The van der Waals surface area contributed by atoms with E-state index in [2.05, 4.69) is 22.4 Å². The Morgan fingerprint density at radius 2 is 1.90 bits per heavy atom. The molecule has 1 unspecified atom stereocenters. The Morgan fingerprint density at radius 3 is 2.61 bits per heavy atom. The third-order valence-corrected chi connectivity index (χ3v) is 5.34. The standard InChI is InChI=1S/C24H27N5O2/c1-5-20-21(31-18-12-10-15(2)11-13-18)23-26-22(28-29(23)27-20)17(4)14-25-24(30)19-9-7-6-8-16(19)3/h6-13,17,27H,5,14H2,1-4H3,(H,25,30). The Hall–Kier alpha value is -3.61. The molecule has 0 fully saturated rings. The van der Waals surface area contributed by atoms with Crippen molar-refractivity contribution in [3.05, 3.63) is 76.7 Å². The van der Waals surface area contributed by atoms with Gasteiger partial charge in [-0.25, -0.2) is 4.98 Å². The molecule has 0 saturated heterocycles. The summed E-state index contributed by atoms with van der Waals surface area (Å²) in [5, 5.41) is 10.8. The van der Waals surface area contributed by atoms with E-state index in [1.165, 1.54) is 5.56 Å². The fraction of sp³-hybridized carbons (Fsp3) is 0.292. The van der Waals surface area contributed by atoms with Crippen molar-refractivity contribution in [2.75, 3.05) is 6.54 Å². The largest absolute Gasteiger partial charge is 0.451 e. The van der Waals surface area contributed by atoms with Crippen LogP contribution in [0.25, 0.3) is 5.65 Å².